The van der Waals surface area contributed by atoms with Crippen molar-refractivity contribution in [2.45, 2.75) is 45.1 Å². The molecule has 2 unspecified atom stereocenters. The van der Waals surface area contributed by atoms with Gasteiger partial charge >= 0.3 is 5.97 Å². The zero-order chi connectivity index (χ0) is 9.84. The Morgan fingerprint density at radius 2 is 2.00 bits per heavy atom. The van der Waals surface area contributed by atoms with Gasteiger partial charge in [0, 0.05) is 0 Å². The van der Waals surface area contributed by atoms with E-state index in [9.17, 15) is 4.79 Å². The predicted octanol–water partition coefficient (Wildman–Crippen LogP) is 1.65. The number of aliphatic carboxylic acids is 1. The first kappa shape index (κ1) is 10.5. The molecule has 3 nitrogen and oxygen atoms in total. The molecule has 1 saturated carbocycles. The van der Waals surface area contributed by atoms with Crippen molar-refractivity contribution in [3.63, 3.8) is 0 Å². The molecule has 0 spiro atoms. The average molecular weight is 186 g/mol. The Kier molecular flexibility index (Phi) is 3.72. The van der Waals surface area contributed by atoms with Crippen molar-refractivity contribution in [2.24, 2.45) is 11.8 Å². The minimum absolute atomic E-state index is 0.298. The van der Waals surface area contributed by atoms with Crippen LogP contribution in [0.1, 0.15) is 39.0 Å². The zero-order valence-corrected chi connectivity index (χ0v) is 8.07. The molecule has 0 aliphatic heterocycles. The molecule has 2 atom stereocenters. The summed E-state index contributed by atoms with van der Waals surface area (Å²) in [6, 6.07) is 0. The second-order valence-electron chi connectivity index (χ2n) is 4.07. The average Bonchev–Trinajstić information content (AvgIpc) is 2.50. The highest BCUT2D eigenvalue weighted by Crippen LogP contribution is 2.33. The summed E-state index contributed by atoms with van der Waals surface area (Å²) in [4.78, 5) is 10.9. The van der Waals surface area contributed by atoms with Gasteiger partial charge in [-0.25, -0.2) is 0 Å². The lowest BCUT2D eigenvalue weighted by molar-refractivity contribution is -0.144. The van der Waals surface area contributed by atoms with E-state index < -0.39 is 12.1 Å². The van der Waals surface area contributed by atoms with Crippen LogP contribution < -0.4 is 0 Å². The van der Waals surface area contributed by atoms with E-state index in [0.717, 1.165) is 25.7 Å². The number of hydrogen-bond donors (Lipinski definition) is 2. The van der Waals surface area contributed by atoms with Crippen molar-refractivity contribution in [3.8, 4) is 0 Å². The van der Waals surface area contributed by atoms with Crippen LogP contribution in [0, 0.1) is 11.8 Å². The number of carbonyl (C=O) groups is 1. The maximum absolute atomic E-state index is 10.9. The van der Waals surface area contributed by atoms with E-state index in [-0.39, 0.29) is 5.92 Å². The summed E-state index contributed by atoms with van der Waals surface area (Å²) in [6.45, 7) is 1.66. The highest BCUT2D eigenvalue weighted by molar-refractivity contribution is 5.70. The third-order valence-corrected chi connectivity index (χ3v) is 2.88. The van der Waals surface area contributed by atoms with Gasteiger partial charge in [0.1, 0.15) is 0 Å². The number of rotatable bonds is 4. The fourth-order valence-corrected chi connectivity index (χ4v) is 2.22. The van der Waals surface area contributed by atoms with Gasteiger partial charge in [-0.1, -0.05) is 12.8 Å². The van der Waals surface area contributed by atoms with Crippen molar-refractivity contribution in [1.82, 2.24) is 0 Å². The van der Waals surface area contributed by atoms with Crippen LogP contribution in [0.25, 0.3) is 0 Å². The number of hydrogen-bond acceptors (Lipinski definition) is 2. The number of aliphatic hydroxyl groups is 1. The number of carboxylic acid groups (broad SMARTS) is 1. The van der Waals surface area contributed by atoms with Gasteiger partial charge in [0.05, 0.1) is 12.0 Å². The van der Waals surface area contributed by atoms with Gasteiger partial charge in [0.25, 0.3) is 0 Å². The van der Waals surface area contributed by atoms with E-state index in [1.54, 1.807) is 6.92 Å². The summed E-state index contributed by atoms with van der Waals surface area (Å²) in [7, 11) is 0. The third kappa shape index (κ3) is 2.99. The molecular weight excluding hydrogens is 168 g/mol. The van der Waals surface area contributed by atoms with E-state index in [1.807, 2.05) is 0 Å². The van der Waals surface area contributed by atoms with Crippen LogP contribution in [0.15, 0.2) is 0 Å². The van der Waals surface area contributed by atoms with Gasteiger partial charge < -0.3 is 10.2 Å². The Labute approximate surface area is 78.8 Å². The highest BCUT2D eigenvalue weighted by Gasteiger charge is 2.31. The fraction of sp³-hybridized carbons (Fsp3) is 0.900. The Hall–Kier alpha value is -0.570. The van der Waals surface area contributed by atoms with E-state index in [1.165, 1.54) is 0 Å². The maximum Gasteiger partial charge on any atom is 0.306 e. The monoisotopic (exact) mass is 186 g/mol. The smallest absolute Gasteiger partial charge is 0.306 e. The first-order chi connectivity index (χ1) is 6.11. The minimum atomic E-state index is -0.743. The molecule has 0 saturated heterocycles. The molecule has 0 amide bonds. The normalized spacial score (nSPS) is 22.9. The second kappa shape index (κ2) is 4.61. The van der Waals surface area contributed by atoms with Gasteiger partial charge in [0.15, 0.2) is 0 Å². The summed E-state index contributed by atoms with van der Waals surface area (Å²) in [6.07, 6.45) is 4.23. The summed E-state index contributed by atoms with van der Waals surface area (Å²) < 4.78 is 0. The Balaban J connectivity index is 2.50. The molecule has 1 aliphatic carbocycles. The Morgan fingerprint density at radius 3 is 2.38 bits per heavy atom. The molecule has 1 fully saturated rings. The second-order valence-corrected chi connectivity index (χ2v) is 4.07. The SMILES string of the molecule is CC(O)CC(C(=O)O)C1CCCC1. The van der Waals surface area contributed by atoms with Crippen LogP contribution in [0.3, 0.4) is 0 Å². The van der Waals surface area contributed by atoms with Crippen LogP contribution >= 0.6 is 0 Å². The Morgan fingerprint density at radius 1 is 1.46 bits per heavy atom. The van der Waals surface area contributed by atoms with Crippen molar-refractivity contribution >= 4 is 5.97 Å². The topological polar surface area (TPSA) is 57.5 Å². The molecule has 0 radical (unpaired) electrons. The van der Waals surface area contributed by atoms with Crippen molar-refractivity contribution in [2.75, 3.05) is 0 Å². The molecule has 13 heavy (non-hydrogen) atoms. The van der Waals surface area contributed by atoms with Crippen LogP contribution in [0.2, 0.25) is 0 Å². The van der Waals surface area contributed by atoms with Crippen molar-refractivity contribution < 1.29 is 15.0 Å². The van der Waals surface area contributed by atoms with Gasteiger partial charge in [-0.3, -0.25) is 4.79 Å². The fourth-order valence-electron chi connectivity index (χ4n) is 2.22. The van der Waals surface area contributed by atoms with E-state index in [4.69, 9.17) is 10.2 Å². The summed E-state index contributed by atoms with van der Waals surface area (Å²) in [5.41, 5.74) is 0. The van der Waals surface area contributed by atoms with Gasteiger partial charge in [0.2, 0.25) is 0 Å². The maximum atomic E-state index is 10.9. The summed E-state index contributed by atoms with van der Waals surface area (Å²) in [5, 5.41) is 18.1. The van der Waals surface area contributed by atoms with Crippen molar-refractivity contribution in [3.05, 3.63) is 0 Å². The summed E-state index contributed by atoms with van der Waals surface area (Å²) in [5.74, 6) is -0.776. The lowest BCUT2D eigenvalue weighted by Gasteiger charge is -2.20. The summed E-state index contributed by atoms with van der Waals surface area (Å²) >= 11 is 0. The molecule has 1 rings (SSSR count). The molecule has 0 aromatic carbocycles. The minimum Gasteiger partial charge on any atom is -0.481 e. The molecular formula is C10H18O3. The number of carboxylic acids is 1. The zero-order valence-electron chi connectivity index (χ0n) is 8.07. The Bertz CT molecular complexity index is 171. The first-order valence-corrected chi connectivity index (χ1v) is 5.02. The van der Waals surface area contributed by atoms with Crippen LogP contribution in [-0.4, -0.2) is 22.3 Å². The highest BCUT2D eigenvalue weighted by atomic mass is 16.4. The molecule has 2 N–H and O–H groups in total. The standard InChI is InChI=1S/C10H18O3/c1-7(11)6-9(10(12)13)8-4-2-3-5-8/h7-9,11H,2-6H2,1H3,(H,12,13). The lowest BCUT2D eigenvalue weighted by atomic mass is 9.87. The van der Waals surface area contributed by atoms with Gasteiger partial charge in [-0.2, -0.15) is 0 Å². The molecule has 0 bridgehead atoms. The molecule has 1 aliphatic rings. The molecule has 3 heteroatoms. The third-order valence-electron chi connectivity index (χ3n) is 2.88. The van der Waals surface area contributed by atoms with Crippen LogP contribution in [0.5, 0.6) is 0 Å². The first-order valence-electron chi connectivity index (χ1n) is 5.02. The van der Waals surface area contributed by atoms with E-state index >= 15 is 0 Å². The quantitative estimate of drug-likeness (QED) is 0.701. The van der Waals surface area contributed by atoms with Crippen LogP contribution in [0.4, 0.5) is 0 Å². The van der Waals surface area contributed by atoms with Crippen LogP contribution in [-0.2, 0) is 4.79 Å². The number of aliphatic hydroxyl groups excluding tert-OH is 1. The molecule has 76 valence electrons. The molecule has 0 heterocycles. The van der Waals surface area contributed by atoms with E-state index in [2.05, 4.69) is 0 Å². The lowest BCUT2D eigenvalue weighted by Crippen LogP contribution is -2.25. The largest absolute Gasteiger partial charge is 0.481 e. The van der Waals surface area contributed by atoms with Crippen molar-refractivity contribution in [1.29, 1.82) is 0 Å². The predicted molar refractivity (Wildman–Crippen MR) is 49.4 cm³/mol. The van der Waals surface area contributed by atoms with Gasteiger partial charge in [-0.05, 0) is 32.1 Å². The van der Waals surface area contributed by atoms with E-state index in [0.29, 0.717) is 12.3 Å². The molecule has 0 aromatic rings. The molecule has 0 aromatic heterocycles. The van der Waals surface area contributed by atoms with Gasteiger partial charge in [-0.15, -0.1) is 0 Å².